The fourth-order valence-corrected chi connectivity index (χ4v) is 4.72. The molecule has 1 fully saturated rings. The lowest BCUT2D eigenvalue weighted by Gasteiger charge is -2.12. The van der Waals surface area contributed by atoms with Crippen LogP contribution in [0.3, 0.4) is 0 Å². The van der Waals surface area contributed by atoms with Gasteiger partial charge >= 0.3 is 0 Å². The SMILES string of the molecule is Cc1[nH]nc(CO)c1S(=O)(=O)NC1CCSC1. The predicted octanol–water partition coefficient (Wildman–Crippen LogP) is -0.00578. The topological polar surface area (TPSA) is 95.1 Å². The van der Waals surface area contributed by atoms with Crippen LogP contribution in [0.15, 0.2) is 4.90 Å². The lowest BCUT2D eigenvalue weighted by atomic mass is 10.3. The van der Waals surface area contributed by atoms with E-state index >= 15 is 0 Å². The molecule has 0 spiro atoms. The summed E-state index contributed by atoms with van der Waals surface area (Å²) in [7, 11) is -3.59. The van der Waals surface area contributed by atoms with Crippen molar-refractivity contribution in [1.82, 2.24) is 14.9 Å². The second-order valence-electron chi connectivity index (χ2n) is 3.96. The predicted molar refractivity (Wildman–Crippen MR) is 65.3 cm³/mol. The molecule has 6 nitrogen and oxygen atoms in total. The Balaban J connectivity index is 2.27. The molecular weight excluding hydrogens is 262 g/mol. The van der Waals surface area contributed by atoms with Gasteiger partial charge in [-0.05, 0) is 19.1 Å². The summed E-state index contributed by atoms with van der Waals surface area (Å²) in [5.74, 6) is 1.77. The van der Waals surface area contributed by atoms with Crippen LogP contribution in [0, 0.1) is 6.92 Å². The van der Waals surface area contributed by atoms with E-state index in [2.05, 4.69) is 14.9 Å². The molecule has 1 aliphatic rings. The summed E-state index contributed by atoms with van der Waals surface area (Å²) < 4.78 is 27.0. The summed E-state index contributed by atoms with van der Waals surface area (Å²) in [6, 6.07) is -0.0224. The van der Waals surface area contributed by atoms with Gasteiger partial charge in [0.25, 0.3) is 0 Å². The molecule has 1 aromatic rings. The maximum Gasteiger partial charge on any atom is 0.244 e. The number of sulfonamides is 1. The maximum atomic E-state index is 12.2. The molecule has 0 aliphatic carbocycles. The first kappa shape index (κ1) is 12.9. The zero-order valence-electron chi connectivity index (χ0n) is 9.43. The number of aryl methyl sites for hydroxylation is 1. The number of nitrogens with one attached hydrogen (secondary N) is 2. The fourth-order valence-electron chi connectivity index (χ4n) is 1.84. The first-order valence-electron chi connectivity index (χ1n) is 5.29. The van der Waals surface area contributed by atoms with E-state index in [4.69, 9.17) is 5.11 Å². The van der Waals surface area contributed by atoms with Gasteiger partial charge in [0, 0.05) is 11.8 Å². The Bertz CT molecular complexity index is 492. The summed E-state index contributed by atoms with van der Waals surface area (Å²) in [4.78, 5) is 0.0805. The van der Waals surface area contributed by atoms with Crippen LogP contribution in [0.4, 0.5) is 0 Å². The summed E-state index contributed by atoms with van der Waals surface area (Å²) in [5, 5.41) is 15.4. The first-order valence-corrected chi connectivity index (χ1v) is 7.93. The number of aliphatic hydroxyl groups excluding tert-OH is 1. The smallest absolute Gasteiger partial charge is 0.244 e. The molecule has 3 N–H and O–H groups in total. The standard InChI is InChI=1S/C9H15N3O3S2/c1-6-9(8(4-13)11-10-6)17(14,15)12-7-2-3-16-5-7/h7,12-13H,2-5H2,1H3,(H,10,11). The van der Waals surface area contributed by atoms with E-state index in [1.807, 2.05) is 0 Å². The summed E-state index contributed by atoms with van der Waals surface area (Å²) in [6.45, 7) is 1.24. The number of hydrogen-bond donors (Lipinski definition) is 3. The average Bonchev–Trinajstić information content (AvgIpc) is 2.86. The Kier molecular flexibility index (Phi) is 3.76. The quantitative estimate of drug-likeness (QED) is 0.720. The highest BCUT2D eigenvalue weighted by atomic mass is 32.2. The number of thioether (sulfide) groups is 1. The van der Waals surface area contributed by atoms with Crippen LogP contribution in [0.2, 0.25) is 0 Å². The van der Waals surface area contributed by atoms with Crippen LogP contribution >= 0.6 is 11.8 Å². The fraction of sp³-hybridized carbons (Fsp3) is 0.667. The van der Waals surface area contributed by atoms with E-state index in [1.165, 1.54) is 0 Å². The van der Waals surface area contributed by atoms with Crippen LogP contribution in [0.5, 0.6) is 0 Å². The van der Waals surface area contributed by atoms with Crippen molar-refractivity contribution in [2.75, 3.05) is 11.5 Å². The average molecular weight is 277 g/mol. The van der Waals surface area contributed by atoms with Gasteiger partial charge in [-0.3, -0.25) is 5.10 Å². The molecule has 17 heavy (non-hydrogen) atoms. The third kappa shape index (κ3) is 2.65. The van der Waals surface area contributed by atoms with Gasteiger partial charge in [0.1, 0.15) is 10.6 Å². The molecule has 96 valence electrons. The number of nitrogens with zero attached hydrogens (tertiary/aromatic N) is 1. The van der Waals surface area contributed by atoms with Crippen molar-refractivity contribution in [2.45, 2.75) is 30.9 Å². The number of aliphatic hydroxyl groups is 1. The molecule has 0 amide bonds. The highest BCUT2D eigenvalue weighted by Crippen LogP contribution is 2.22. The van der Waals surface area contributed by atoms with Crippen LogP contribution in [0.1, 0.15) is 17.8 Å². The van der Waals surface area contributed by atoms with Crippen molar-refractivity contribution in [2.24, 2.45) is 0 Å². The van der Waals surface area contributed by atoms with E-state index in [0.29, 0.717) is 5.69 Å². The molecule has 0 saturated carbocycles. The monoisotopic (exact) mass is 277 g/mol. The lowest BCUT2D eigenvalue weighted by Crippen LogP contribution is -2.35. The van der Waals surface area contributed by atoms with Crippen molar-refractivity contribution >= 4 is 21.8 Å². The van der Waals surface area contributed by atoms with Crippen molar-refractivity contribution in [3.05, 3.63) is 11.4 Å². The van der Waals surface area contributed by atoms with Crippen molar-refractivity contribution < 1.29 is 13.5 Å². The van der Waals surface area contributed by atoms with E-state index in [0.717, 1.165) is 17.9 Å². The molecule has 0 radical (unpaired) electrons. The highest BCUT2D eigenvalue weighted by Gasteiger charge is 2.28. The molecule has 2 heterocycles. The van der Waals surface area contributed by atoms with Crippen LogP contribution in [-0.4, -0.2) is 41.3 Å². The minimum Gasteiger partial charge on any atom is -0.390 e. The number of aromatic amines is 1. The molecular formula is C9H15N3O3S2. The number of hydrogen-bond acceptors (Lipinski definition) is 5. The Morgan fingerprint density at radius 3 is 3.00 bits per heavy atom. The molecule has 1 unspecified atom stereocenters. The maximum absolute atomic E-state index is 12.2. The largest absolute Gasteiger partial charge is 0.390 e. The molecule has 1 aliphatic heterocycles. The first-order chi connectivity index (χ1) is 8.04. The van der Waals surface area contributed by atoms with E-state index in [1.54, 1.807) is 18.7 Å². The van der Waals surface area contributed by atoms with Gasteiger partial charge in [-0.2, -0.15) is 16.9 Å². The molecule has 0 bridgehead atoms. The van der Waals surface area contributed by atoms with Crippen molar-refractivity contribution in [3.63, 3.8) is 0 Å². The van der Waals surface area contributed by atoms with Crippen molar-refractivity contribution in [3.8, 4) is 0 Å². The Morgan fingerprint density at radius 1 is 1.65 bits per heavy atom. The third-order valence-corrected chi connectivity index (χ3v) is 5.52. The number of rotatable bonds is 4. The molecule has 2 rings (SSSR count). The Labute approximate surface area is 104 Å². The van der Waals surface area contributed by atoms with Crippen molar-refractivity contribution in [1.29, 1.82) is 0 Å². The van der Waals surface area contributed by atoms with E-state index in [-0.39, 0.29) is 23.2 Å². The van der Waals surface area contributed by atoms with Gasteiger partial charge in [0.15, 0.2) is 0 Å². The normalized spacial score (nSPS) is 20.9. The van der Waals surface area contributed by atoms with Gasteiger partial charge in [-0.25, -0.2) is 13.1 Å². The second kappa shape index (κ2) is 4.97. The van der Waals surface area contributed by atoms with Gasteiger partial charge in [-0.1, -0.05) is 0 Å². The summed E-state index contributed by atoms with van der Waals surface area (Å²) >= 11 is 1.73. The molecule has 1 atom stereocenters. The van der Waals surface area contributed by atoms with Gasteiger partial charge in [-0.15, -0.1) is 0 Å². The van der Waals surface area contributed by atoms with Gasteiger partial charge < -0.3 is 5.11 Å². The third-order valence-electron chi connectivity index (χ3n) is 2.63. The number of aromatic nitrogens is 2. The van der Waals surface area contributed by atoms with E-state index < -0.39 is 10.0 Å². The minimum absolute atomic E-state index is 0.0224. The van der Waals surface area contributed by atoms with Gasteiger partial charge in [0.2, 0.25) is 10.0 Å². The molecule has 0 aromatic carbocycles. The van der Waals surface area contributed by atoms with Crippen LogP contribution in [0.25, 0.3) is 0 Å². The Morgan fingerprint density at radius 2 is 2.41 bits per heavy atom. The van der Waals surface area contributed by atoms with E-state index in [9.17, 15) is 8.42 Å². The van der Waals surface area contributed by atoms with Crippen LogP contribution in [-0.2, 0) is 16.6 Å². The second-order valence-corrected chi connectivity index (χ2v) is 6.76. The summed E-state index contributed by atoms with van der Waals surface area (Å²) in [5.41, 5.74) is 0.618. The zero-order chi connectivity index (χ0) is 12.5. The molecule has 1 aromatic heterocycles. The highest BCUT2D eigenvalue weighted by molar-refractivity contribution is 7.99. The zero-order valence-corrected chi connectivity index (χ0v) is 11.1. The Hall–Kier alpha value is -0.570. The molecule has 8 heteroatoms. The summed E-state index contributed by atoms with van der Waals surface area (Å²) in [6.07, 6.45) is 0.843. The lowest BCUT2D eigenvalue weighted by molar-refractivity contribution is 0.273. The van der Waals surface area contributed by atoms with Gasteiger partial charge in [0.05, 0.1) is 12.3 Å². The number of H-pyrrole nitrogens is 1. The molecule has 1 saturated heterocycles. The minimum atomic E-state index is -3.59. The van der Waals surface area contributed by atoms with Crippen LogP contribution < -0.4 is 4.72 Å².